The second kappa shape index (κ2) is 19.3. The Balaban J connectivity index is 0.857. The zero-order valence-corrected chi connectivity index (χ0v) is 39.5. The molecule has 0 saturated heterocycles. The molecule has 1 aliphatic carbocycles. The molecule has 0 saturated carbocycles. The van der Waals surface area contributed by atoms with Gasteiger partial charge in [-0.05, 0) is 127 Å². The van der Waals surface area contributed by atoms with Crippen LogP contribution in [0.25, 0.3) is 82.8 Å². The van der Waals surface area contributed by atoms with Crippen molar-refractivity contribution < 1.29 is 0 Å². The predicted octanol–water partition coefficient (Wildman–Crippen LogP) is 16.9. The molecule has 0 radical (unpaired) electrons. The largest absolute Gasteiger partial charge is 0.366 e. The first-order valence-electron chi connectivity index (χ1n) is 24.7. The lowest BCUT2D eigenvalue weighted by molar-refractivity contribution is 0.627. The van der Waals surface area contributed by atoms with Crippen molar-refractivity contribution in [1.29, 1.82) is 0 Å². The van der Waals surface area contributed by atoms with E-state index in [1.807, 2.05) is 18.2 Å². The van der Waals surface area contributed by atoms with Gasteiger partial charge in [0, 0.05) is 28.1 Å². The topological polar surface area (TPSA) is 43.0 Å². The van der Waals surface area contributed by atoms with E-state index in [2.05, 4.69) is 259 Å². The summed E-state index contributed by atoms with van der Waals surface area (Å²) in [6, 6.07) is 87.7. The molecule has 0 aliphatic heterocycles. The fourth-order valence-corrected chi connectivity index (χ4v) is 10.4. The van der Waals surface area contributed by atoms with Crippen LogP contribution in [0.15, 0.2) is 278 Å². The maximum Gasteiger partial charge on any atom is 0.101 e. The maximum atomic E-state index is 6.81. The number of aromatic nitrogens is 1. The second-order valence-electron chi connectivity index (χ2n) is 18.6. The van der Waals surface area contributed by atoms with Crippen molar-refractivity contribution in [2.45, 2.75) is 24.9 Å². The molecule has 1 aliphatic rings. The Kier molecular flexibility index (Phi) is 11.8. The molecule has 2 unspecified atom stereocenters. The smallest absolute Gasteiger partial charge is 0.101 e. The summed E-state index contributed by atoms with van der Waals surface area (Å²) in [5.74, 6) is 0.250. The lowest BCUT2D eigenvalue weighted by atomic mass is 9.89. The summed E-state index contributed by atoms with van der Waals surface area (Å²) in [5.41, 5.74) is 25.8. The fraction of sp³-hybridized carbons (Fsp3) is 0.0588. The van der Waals surface area contributed by atoms with Crippen molar-refractivity contribution in [1.82, 2.24) is 9.88 Å². The molecule has 3 heteroatoms. The van der Waals surface area contributed by atoms with E-state index in [0.717, 1.165) is 35.4 Å². The molecule has 0 amide bonds. The summed E-state index contributed by atoms with van der Waals surface area (Å²) in [6.07, 6.45) is 10.6. The Hall–Kier alpha value is -8.76. The van der Waals surface area contributed by atoms with Crippen LogP contribution in [0.2, 0.25) is 0 Å². The summed E-state index contributed by atoms with van der Waals surface area (Å²) in [5, 5.41) is 8.68. The molecule has 11 aromatic rings. The minimum absolute atomic E-state index is 0.250. The highest BCUT2D eigenvalue weighted by Gasteiger charge is 2.19. The molecule has 1 heterocycles. The van der Waals surface area contributed by atoms with Crippen LogP contribution in [0.5, 0.6) is 0 Å². The lowest BCUT2D eigenvalue weighted by Gasteiger charge is -2.23. The van der Waals surface area contributed by atoms with Crippen molar-refractivity contribution in [2.24, 2.45) is 5.73 Å². The van der Waals surface area contributed by atoms with Crippen LogP contribution in [0.4, 0.5) is 0 Å². The third-order valence-corrected chi connectivity index (χ3v) is 14.3. The van der Waals surface area contributed by atoms with Gasteiger partial charge in [0.15, 0.2) is 0 Å². The van der Waals surface area contributed by atoms with Gasteiger partial charge in [0.2, 0.25) is 0 Å². The fourth-order valence-electron chi connectivity index (χ4n) is 10.4. The Morgan fingerprint density at radius 2 is 0.986 bits per heavy atom. The number of nitrogens with two attached hydrogens (primary N) is 1. The van der Waals surface area contributed by atoms with E-state index in [4.69, 9.17) is 5.73 Å². The first-order valence-corrected chi connectivity index (χ1v) is 24.7. The third-order valence-electron chi connectivity index (χ3n) is 14.3. The van der Waals surface area contributed by atoms with Crippen LogP contribution in [-0.4, -0.2) is 4.57 Å². The normalized spacial score (nSPS) is 14.2. The molecule has 2 atom stereocenters. The maximum absolute atomic E-state index is 6.81. The molecule has 340 valence electrons. The summed E-state index contributed by atoms with van der Waals surface area (Å²) in [4.78, 5) is 0. The second-order valence-corrected chi connectivity index (χ2v) is 18.6. The molecule has 0 fully saturated rings. The van der Waals surface area contributed by atoms with Gasteiger partial charge in [-0.1, -0.05) is 231 Å². The molecule has 3 nitrogen and oxygen atoms in total. The first kappa shape index (κ1) is 43.5. The van der Waals surface area contributed by atoms with Crippen molar-refractivity contribution in [2.75, 3.05) is 0 Å². The molecule has 71 heavy (non-hydrogen) atoms. The Morgan fingerprint density at radius 3 is 1.55 bits per heavy atom. The zero-order valence-electron chi connectivity index (χ0n) is 39.5. The van der Waals surface area contributed by atoms with Gasteiger partial charge in [-0.3, -0.25) is 0 Å². The van der Waals surface area contributed by atoms with Gasteiger partial charge in [0.05, 0.1) is 11.0 Å². The minimum Gasteiger partial charge on any atom is -0.366 e. The zero-order chi connectivity index (χ0) is 47.5. The van der Waals surface area contributed by atoms with E-state index < -0.39 is 0 Å². The summed E-state index contributed by atoms with van der Waals surface area (Å²) in [7, 11) is 0. The van der Waals surface area contributed by atoms with Crippen molar-refractivity contribution in [3.63, 3.8) is 0 Å². The van der Waals surface area contributed by atoms with E-state index in [9.17, 15) is 0 Å². The number of rotatable bonds is 12. The standard InChI is InChI=1S/C68H53N3/c69-68(58-18-8-3-9-19-58)70-65(42-37-56-21-12-20-55-17-10-11-22-62(55)56)57-33-31-51(32-34-57)52-35-40-61(41-36-52)71-66-43-38-59(53-27-23-49(24-28-53)47-13-4-1-5-14-47)45-63(66)64-46-60(39-44-67(64)71)54-29-25-50(26-30-54)48-15-6-2-7-16-48/h1-31,33-36,38-46,51,68,70H,32,37,69H2/b65-42-. The van der Waals surface area contributed by atoms with Gasteiger partial charge < -0.3 is 15.6 Å². The lowest BCUT2D eigenvalue weighted by Crippen LogP contribution is -2.29. The SMILES string of the molecule is NC(N/C(=C\Cc1cccc2ccccc12)C1=CCC(c2ccc(-n3c4ccc(-c5ccc(-c6ccccc6)cc5)cc4c4cc(-c5ccc(-c6ccccc6)cc5)ccc43)cc2)C=C1)c1ccccc1. The predicted molar refractivity (Wildman–Crippen MR) is 299 cm³/mol. The molecule has 1 aromatic heterocycles. The highest BCUT2D eigenvalue weighted by atomic mass is 15.0. The molecule has 0 spiro atoms. The number of allylic oxidation sites excluding steroid dienone is 4. The van der Waals surface area contributed by atoms with E-state index >= 15 is 0 Å². The monoisotopic (exact) mass is 911 g/mol. The number of benzene rings is 10. The number of nitrogens with zero attached hydrogens (tertiary/aromatic N) is 1. The molecule has 3 N–H and O–H groups in total. The van der Waals surface area contributed by atoms with E-state index in [-0.39, 0.29) is 12.1 Å². The van der Waals surface area contributed by atoms with Crippen LogP contribution in [0.3, 0.4) is 0 Å². The van der Waals surface area contributed by atoms with E-state index in [1.165, 1.54) is 88.2 Å². The molecular formula is C68H53N3. The van der Waals surface area contributed by atoms with Crippen LogP contribution >= 0.6 is 0 Å². The summed E-state index contributed by atoms with van der Waals surface area (Å²) < 4.78 is 2.43. The highest BCUT2D eigenvalue weighted by molar-refractivity contribution is 6.11. The molecule has 0 bridgehead atoms. The quantitative estimate of drug-likeness (QED) is 0.120. The van der Waals surface area contributed by atoms with E-state index in [1.54, 1.807) is 0 Å². The van der Waals surface area contributed by atoms with Crippen LogP contribution < -0.4 is 11.1 Å². The van der Waals surface area contributed by atoms with Crippen LogP contribution in [-0.2, 0) is 6.42 Å². The molecule has 12 rings (SSSR count). The van der Waals surface area contributed by atoms with Crippen LogP contribution in [0, 0.1) is 0 Å². The van der Waals surface area contributed by atoms with Gasteiger partial charge in [-0.25, -0.2) is 0 Å². The number of nitrogens with one attached hydrogen (secondary N) is 1. The summed E-state index contributed by atoms with van der Waals surface area (Å²) in [6.45, 7) is 0. The number of hydrogen-bond acceptors (Lipinski definition) is 2. The molecular weight excluding hydrogens is 859 g/mol. The Bertz CT molecular complexity index is 3610. The van der Waals surface area contributed by atoms with E-state index in [0.29, 0.717) is 0 Å². The van der Waals surface area contributed by atoms with Crippen molar-refractivity contribution >= 4 is 32.6 Å². The highest BCUT2D eigenvalue weighted by Crippen LogP contribution is 2.39. The molecule has 10 aromatic carbocycles. The first-order chi connectivity index (χ1) is 35.1. The Morgan fingerprint density at radius 1 is 0.493 bits per heavy atom. The van der Waals surface area contributed by atoms with Crippen LogP contribution in [0.1, 0.15) is 35.2 Å². The average molecular weight is 912 g/mol. The number of fused-ring (bicyclic) bond motifs is 4. The van der Waals surface area contributed by atoms with Gasteiger partial charge in [0.25, 0.3) is 0 Å². The summed E-state index contributed by atoms with van der Waals surface area (Å²) >= 11 is 0. The van der Waals surface area contributed by atoms with Gasteiger partial charge in [-0.15, -0.1) is 0 Å². The van der Waals surface area contributed by atoms with Gasteiger partial charge in [-0.2, -0.15) is 0 Å². The van der Waals surface area contributed by atoms with Gasteiger partial charge >= 0.3 is 0 Å². The number of hydrogen-bond donors (Lipinski definition) is 2. The van der Waals surface area contributed by atoms with Crippen molar-refractivity contribution in [3.8, 4) is 50.2 Å². The van der Waals surface area contributed by atoms with Crippen molar-refractivity contribution in [3.05, 3.63) is 295 Å². The van der Waals surface area contributed by atoms with Gasteiger partial charge in [0.1, 0.15) is 6.17 Å². The Labute approximate surface area is 416 Å². The average Bonchev–Trinajstić information content (AvgIpc) is 3.78. The minimum atomic E-state index is -0.341. The third kappa shape index (κ3) is 8.92.